The molecular weight excluding hydrogens is 196 g/mol. The van der Waals surface area contributed by atoms with Gasteiger partial charge in [-0.2, -0.15) is 0 Å². The summed E-state index contributed by atoms with van der Waals surface area (Å²) >= 11 is 0. The van der Waals surface area contributed by atoms with Gasteiger partial charge in [0, 0.05) is 0 Å². The molecule has 0 fully saturated rings. The molecule has 0 atom stereocenters. The van der Waals surface area contributed by atoms with Crippen LogP contribution in [0.3, 0.4) is 0 Å². The van der Waals surface area contributed by atoms with Crippen LogP contribution < -0.4 is 0 Å². The summed E-state index contributed by atoms with van der Waals surface area (Å²) in [5, 5.41) is 10.4. The van der Waals surface area contributed by atoms with Gasteiger partial charge in [0.1, 0.15) is 5.76 Å². The van der Waals surface area contributed by atoms with Crippen molar-refractivity contribution in [3.8, 4) is 0 Å². The normalized spacial score (nSPS) is 18.9. The van der Waals surface area contributed by atoms with E-state index in [9.17, 15) is 5.11 Å². The van der Waals surface area contributed by atoms with Gasteiger partial charge in [-0.05, 0) is 28.4 Å². The molecule has 90 valence electrons. The minimum atomic E-state index is -0.0378. The third kappa shape index (κ3) is 2.58. The molecule has 1 heteroatoms. The van der Waals surface area contributed by atoms with Gasteiger partial charge in [-0.1, -0.05) is 59.8 Å². The van der Waals surface area contributed by atoms with Crippen molar-refractivity contribution in [3.05, 3.63) is 35.1 Å². The van der Waals surface area contributed by atoms with Crippen molar-refractivity contribution in [3.63, 3.8) is 0 Å². The first-order chi connectivity index (χ1) is 7.03. The summed E-state index contributed by atoms with van der Waals surface area (Å²) in [7, 11) is 0. The summed E-state index contributed by atoms with van der Waals surface area (Å²) in [6, 6.07) is 0. The van der Waals surface area contributed by atoms with Gasteiger partial charge in [0.25, 0.3) is 0 Å². The van der Waals surface area contributed by atoms with Gasteiger partial charge in [-0.3, -0.25) is 0 Å². The van der Waals surface area contributed by atoms with Crippen LogP contribution in [0.25, 0.3) is 0 Å². The van der Waals surface area contributed by atoms with Gasteiger partial charge < -0.3 is 5.11 Å². The molecule has 1 N–H and O–H groups in total. The van der Waals surface area contributed by atoms with Crippen molar-refractivity contribution in [1.82, 2.24) is 0 Å². The molecule has 0 heterocycles. The first-order valence-corrected chi connectivity index (χ1v) is 5.86. The zero-order valence-electron chi connectivity index (χ0n) is 11.4. The van der Waals surface area contributed by atoms with E-state index in [1.54, 1.807) is 0 Å². The summed E-state index contributed by atoms with van der Waals surface area (Å²) in [6.07, 6.45) is 2.82. The molecule has 16 heavy (non-hydrogen) atoms. The van der Waals surface area contributed by atoms with Gasteiger partial charge in [0.15, 0.2) is 0 Å². The number of allylic oxidation sites excluding steroid dienone is 4. The first-order valence-electron chi connectivity index (χ1n) is 5.86. The lowest BCUT2D eigenvalue weighted by Gasteiger charge is -2.33. The molecule has 0 spiro atoms. The lowest BCUT2D eigenvalue weighted by atomic mass is 9.73. The number of aliphatic hydroxyl groups excluding tert-OH is 1. The summed E-state index contributed by atoms with van der Waals surface area (Å²) < 4.78 is 0. The van der Waals surface area contributed by atoms with Crippen molar-refractivity contribution in [2.45, 2.75) is 48.0 Å². The van der Waals surface area contributed by atoms with E-state index in [0.717, 1.165) is 23.1 Å². The van der Waals surface area contributed by atoms with Crippen LogP contribution in [0.15, 0.2) is 35.1 Å². The Labute approximate surface area is 99.6 Å². The molecule has 1 rings (SSSR count). The average molecular weight is 220 g/mol. The smallest absolute Gasteiger partial charge is 0.119 e. The SMILES string of the molecule is C=C1C=C(C(C)(C)C)C(O)=C(C(C)(C)C)C1. The highest BCUT2D eigenvalue weighted by Crippen LogP contribution is 2.43. The van der Waals surface area contributed by atoms with Crippen LogP contribution in [0.4, 0.5) is 0 Å². The Morgan fingerprint density at radius 2 is 1.56 bits per heavy atom. The fourth-order valence-corrected chi connectivity index (χ4v) is 1.99. The molecule has 0 aromatic rings. The molecule has 0 saturated carbocycles. The minimum Gasteiger partial charge on any atom is -0.508 e. The Kier molecular flexibility index (Phi) is 3.11. The lowest BCUT2D eigenvalue weighted by Crippen LogP contribution is -2.21. The second kappa shape index (κ2) is 3.80. The molecule has 0 aliphatic heterocycles. The predicted molar refractivity (Wildman–Crippen MR) is 70.4 cm³/mol. The van der Waals surface area contributed by atoms with E-state index >= 15 is 0 Å². The van der Waals surface area contributed by atoms with E-state index in [4.69, 9.17) is 0 Å². The fourth-order valence-electron chi connectivity index (χ4n) is 1.99. The summed E-state index contributed by atoms with van der Waals surface area (Å²) in [5.41, 5.74) is 3.16. The van der Waals surface area contributed by atoms with Crippen LogP contribution in [-0.4, -0.2) is 5.11 Å². The Hall–Kier alpha value is -0.980. The van der Waals surface area contributed by atoms with Crippen LogP contribution in [0.5, 0.6) is 0 Å². The van der Waals surface area contributed by atoms with Gasteiger partial charge in [0.05, 0.1) is 0 Å². The van der Waals surface area contributed by atoms with Gasteiger partial charge in [-0.15, -0.1) is 0 Å². The van der Waals surface area contributed by atoms with Crippen LogP contribution in [-0.2, 0) is 0 Å². The maximum Gasteiger partial charge on any atom is 0.119 e. The largest absolute Gasteiger partial charge is 0.508 e. The zero-order chi connectivity index (χ0) is 12.7. The molecule has 1 aliphatic rings. The Morgan fingerprint density at radius 3 is 1.94 bits per heavy atom. The highest BCUT2D eigenvalue weighted by Gasteiger charge is 2.31. The molecule has 0 radical (unpaired) electrons. The number of hydrogen-bond acceptors (Lipinski definition) is 1. The van der Waals surface area contributed by atoms with Crippen LogP contribution in [0.1, 0.15) is 48.0 Å². The van der Waals surface area contributed by atoms with E-state index in [1.807, 2.05) is 6.08 Å². The van der Waals surface area contributed by atoms with Gasteiger partial charge in [-0.25, -0.2) is 0 Å². The van der Waals surface area contributed by atoms with Crippen molar-refractivity contribution in [1.29, 1.82) is 0 Å². The van der Waals surface area contributed by atoms with Crippen LogP contribution in [0, 0.1) is 10.8 Å². The maximum absolute atomic E-state index is 10.4. The summed E-state index contributed by atoms with van der Waals surface area (Å²) in [4.78, 5) is 0. The second-order valence-corrected chi connectivity index (χ2v) is 6.72. The molecule has 1 nitrogen and oxygen atoms in total. The molecule has 0 amide bonds. The Bertz CT molecular complexity index is 350. The van der Waals surface area contributed by atoms with Crippen molar-refractivity contribution in [2.24, 2.45) is 10.8 Å². The zero-order valence-corrected chi connectivity index (χ0v) is 11.4. The third-order valence-electron chi connectivity index (χ3n) is 3.01. The van der Waals surface area contributed by atoms with Gasteiger partial charge >= 0.3 is 0 Å². The Balaban J connectivity index is 3.31. The average Bonchev–Trinajstić information content (AvgIpc) is 2.04. The summed E-state index contributed by atoms with van der Waals surface area (Å²) in [5.74, 6) is 0.479. The number of aliphatic hydroxyl groups is 1. The van der Waals surface area contributed by atoms with Crippen molar-refractivity contribution in [2.75, 3.05) is 0 Å². The first kappa shape index (κ1) is 13.1. The molecule has 0 unspecified atom stereocenters. The van der Waals surface area contributed by atoms with Crippen molar-refractivity contribution >= 4 is 0 Å². The van der Waals surface area contributed by atoms with E-state index < -0.39 is 0 Å². The molecule has 1 aliphatic carbocycles. The highest BCUT2D eigenvalue weighted by atomic mass is 16.3. The number of hydrogen-bond donors (Lipinski definition) is 1. The van der Waals surface area contributed by atoms with E-state index in [2.05, 4.69) is 48.1 Å². The quantitative estimate of drug-likeness (QED) is 0.623. The molecule has 0 bridgehead atoms. The highest BCUT2D eigenvalue weighted by molar-refractivity contribution is 5.47. The van der Waals surface area contributed by atoms with Crippen molar-refractivity contribution < 1.29 is 5.11 Å². The van der Waals surface area contributed by atoms with E-state index in [0.29, 0.717) is 5.76 Å². The van der Waals surface area contributed by atoms with E-state index in [-0.39, 0.29) is 10.8 Å². The standard InChI is InChI=1S/C15H24O/c1-10-8-11(14(2,3)4)13(16)12(9-10)15(5,6)7/h8,16H,1,9H2,2-7H3. The maximum atomic E-state index is 10.4. The van der Waals surface area contributed by atoms with Crippen LogP contribution >= 0.6 is 0 Å². The summed E-state index contributed by atoms with van der Waals surface area (Å²) in [6.45, 7) is 16.8. The number of rotatable bonds is 0. The second-order valence-electron chi connectivity index (χ2n) is 6.72. The molecule has 0 aromatic heterocycles. The van der Waals surface area contributed by atoms with Crippen LogP contribution in [0.2, 0.25) is 0 Å². The fraction of sp³-hybridized carbons (Fsp3) is 0.600. The topological polar surface area (TPSA) is 20.2 Å². The van der Waals surface area contributed by atoms with E-state index in [1.165, 1.54) is 0 Å². The third-order valence-corrected chi connectivity index (χ3v) is 3.01. The lowest BCUT2D eigenvalue weighted by molar-refractivity contribution is 0.343. The van der Waals surface area contributed by atoms with Gasteiger partial charge in [0.2, 0.25) is 0 Å². The molecule has 0 aromatic carbocycles. The predicted octanol–water partition coefficient (Wildman–Crippen LogP) is 4.78. The molecular formula is C15H24O. The monoisotopic (exact) mass is 220 g/mol. The minimum absolute atomic E-state index is 0.00220. The Morgan fingerprint density at radius 1 is 1.06 bits per heavy atom. The molecule has 0 saturated heterocycles.